The van der Waals surface area contributed by atoms with E-state index in [1.807, 2.05) is 27.7 Å². The summed E-state index contributed by atoms with van der Waals surface area (Å²) in [6, 6.07) is -0.740. The second-order valence-electron chi connectivity index (χ2n) is 5.18. The Balaban J connectivity index is 4.50. The van der Waals surface area contributed by atoms with Gasteiger partial charge in [0.15, 0.2) is 0 Å². The van der Waals surface area contributed by atoms with Crippen molar-refractivity contribution in [2.45, 2.75) is 65.8 Å². The number of aliphatic carboxylic acids is 1. The number of carbonyl (C=O) groups is 2. The van der Waals surface area contributed by atoms with Crippen LogP contribution < -0.4 is 5.32 Å². The molecule has 0 fully saturated rings. The van der Waals surface area contributed by atoms with Gasteiger partial charge in [-0.05, 0) is 18.8 Å². The van der Waals surface area contributed by atoms with Crippen molar-refractivity contribution in [3.05, 3.63) is 0 Å². The maximum atomic E-state index is 12.1. The largest absolute Gasteiger partial charge is 0.480 e. The maximum absolute atomic E-state index is 12.1. The molecular weight excluding hydrogens is 230 g/mol. The summed E-state index contributed by atoms with van der Waals surface area (Å²) >= 11 is 0. The molecule has 0 saturated heterocycles. The Kier molecular flexibility index (Phi) is 8.42. The number of nitrogens with one attached hydrogen (secondary N) is 1. The molecule has 0 aromatic heterocycles. The molecular formula is C14H27NO3. The van der Waals surface area contributed by atoms with E-state index in [-0.39, 0.29) is 17.7 Å². The van der Waals surface area contributed by atoms with Gasteiger partial charge in [-0.1, -0.05) is 47.0 Å². The smallest absolute Gasteiger partial charge is 0.326 e. The zero-order valence-electron chi connectivity index (χ0n) is 12.0. The Morgan fingerprint density at radius 2 is 1.72 bits per heavy atom. The van der Waals surface area contributed by atoms with Crippen molar-refractivity contribution in [3.63, 3.8) is 0 Å². The number of rotatable bonds is 9. The minimum atomic E-state index is -0.934. The van der Waals surface area contributed by atoms with E-state index in [4.69, 9.17) is 5.11 Å². The van der Waals surface area contributed by atoms with Crippen LogP contribution in [-0.2, 0) is 9.59 Å². The van der Waals surface area contributed by atoms with Crippen LogP contribution in [0.5, 0.6) is 0 Å². The van der Waals surface area contributed by atoms with E-state index >= 15 is 0 Å². The quantitative estimate of drug-likeness (QED) is 0.667. The van der Waals surface area contributed by atoms with Gasteiger partial charge in [0, 0.05) is 5.92 Å². The molecule has 0 aromatic carbocycles. The van der Waals surface area contributed by atoms with E-state index in [2.05, 4.69) is 5.32 Å². The third-order valence-corrected chi connectivity index (χ3v) is 3.20. The minimum Gasteiger partial charge on any atom is -0.480 e. The van der Waals surface area contributed by atoms with E-state index in [1.165, 1.54) is 0 Å². The highest BCUT2D eigenvalue weighted by molar-refractivity contribution is 5.85. The molecule has 2 N–H and O–H groups in total. The molecule has 18 heavy (non-hydrogen) atoms. The molecule has 106 valence electrons. The van der Waals surface area contributed by atoms with Crippen molar-refractivity contribution in [1.29, 1.82) is 0 Å². The van der Waals surface area contributed by atoms with Crippen LogP contribution in [0.3, 0.4) is 0 Å². The Bertz CT molecular complexity index is 264. The molecule has 0 aliphatic rings. The number of unbranched alkanes of at least 4 members (excludes halogenated alkanes) is 1. The normalized spacial score (nSPS) is 14.3. The van der Waals surface area contributed by atoms with Crippen LogP contribution in [0, 0.1) is 11.8 Å². The lowest BCUT2D eigenvalue weighted by Crippen LogP contribution is -2.44. The van der Waals surface area contributed by atoms with Crippen molar-refractivity contribution in [2.24, 2.45) is 11.8 Å². The van der Waals surface area contributed by atoms with Crippen LogP contribution in [0.4, 0.5) is 0 Å². The van der Waals surface area contributed by atoms with Gasteiger partial charge < -0.3 is 10.4 Å². The number of carboxylic acids is 1. The first kappa shape index (κ1) is 16.9. The Labute approximate surface area is 110 Å². The molecule has 4 nitrogen and oxygen atoms in total. The highest BCUT2D eigenvalue weighted by atomic mass is 16.4. The average Bonchev–Trinajstić information content (AvgIpc) is 2.30. The molecule has 0 aliphatic carbocycles. The summed E-state index contributed by atoms with van der Waals surface area (Å²) in [5.41, 5.74) is 0. The second-order valence-corrected chi connectivity index (χ2v) is 5.18. The zero-order chi connectivity index (χ0) is 14.1. The fourth-order valence-electron chi connectivity index (χ4n) is 2.02. The Morgan fingerprint density at radius 1 is 1.11 bits per heavy atom. The molecule has 4 heteroatoms. The van der Waals surface area contributed by atoms with Gasteiger partial charge >= 0.3 is 5.97 Å². The average molecular weight is 257 g/mol. The highest BCUT2D eigenvalue weighted by Gasteiger charge is 2.26. The lowest BCUT2D eigenvalue weighted by atomic mass is 9.90. The minimum absolute atomic E-state index is 0.0847. The first-order valence-corrected chi connectivity index (χ1v) is 6.97. The van der Waals surface area contributed by atoms with Gasteiger partial charge in [-0.2, -0.15) is 0 Å². The highest BCUT2D eigenvalue weighted by Crippen LogP contribution is 2.17. The van der Waals surface area contributed by atoms with Crippen molar-refractivity contribution >= 4 is 11.9 Å². The molecule has 0 aromatic rings. The van der Waals surface area contributed by atoms with E-state index in [0.29, 0.717) is 6.42 Å². The summed E-state index contributed by atoms with van der Waals surface area (Å²) in [6.07, 6.45) is 4.00. The van der Waals surface area contributed by atoms with Gasteiger partial charge in [-0.3, -0.25) is 4.79 Å². The third-order valence-electron chi connectivity index (χ3n) is 3.20. The maximum Gasteiger partial charge on any atom is 0.326 e. The predicted molar refractivity (Wildman–Crippen MR) is 72.3 cm³/mol. The van der Waals surface area contributed by atoms with E-state index < -0.39 is 12.0 Å². The molecule has 2 atom stereocenters. The molecule has 0 heterocycles. The second kappa shape index (κ2) is 8.95. The lowest BCUT2D eigenvalue weighted by molar-refractivity contribution is -0.143. The lowest BCUT2D eigenvalue weighted by Gasteiger charge is -2.22. The van der Waals surface area contributed by atoms with Gasteiger partial charge in [0.25, 0.3) is 0 Å². The van der Waals surface area contributed by atoms with Gasteiger partial charge in [0.1, 0.15) is 6.04 Å². The third kappa shape index (κ3) is 6.03. The number of hydrogen-bond acceptors (Lipinski definition) is 2. The van der Waals surface area contributed by atoms with E-state index in [1.54, 1.807) is 0 Å². The van der Waals surface area contributed by atoms with Crippen molar-refractivity contribution < 1.29 is 14.7 Å². The van der Waals surface area contributed by atoms with Crippen LogP contribution in [0.15, 0.2) is 0 Å². The summed E-state index contributed by atoms with van der Waals surface area (Å²) < 4.78 is 0. The van der Waals surface area contributed by atoms with Crippen LogP contribution in [0.25, 0.3) is 0 Å². The first-order valence-electron chi connectivity index (χ1n) is 6.97. The first-order chi connectivity index (χ1) is 8.43. The summed E-state index contributed by atoms with van der Waals surface area (Å²) in [6.45, 7) is 8.05. The van der Waals surface area contributed by atoms with Crippen LogP contribution in [-0.4, -0.2) is 23.0 Å². The van der Waals surface area contributed by atoms with Gasteiger partial charge in [0.2, 0.25) is 5.91 Å². The van der Waals surface area contributed by atoms with Crippen LogP contribution in [0.2, 0.25) is 0 Å². The molecule has 0 radical (unpaired) electrons. The SMILES string of the molecule is CCCC[C@H](NC(=O)C(CCC)C(C)C)C(=O)O. The van der Waals surface area contributed by atoms with Crippen molar-refractivity contribution in [1.82, 2.24) is 5.32 Å². The molecule has 0 saturated carbocycles. The summed E-state index contributed by atoms with van der Waals surface area (Å²) in [7, 11) is 0. The number of amides is 1. The van der Waals surface area contributed by atoms with E-state index in [0.717, 1.165) is 25.7 Å². The standard InChI is InChI=1S/C14H27NO3/c1-5-7-9-12(14(17)18)15-13(16)11(8-6-2)10(3)4/h10-12H,5-9H2,1-4H3,(H,15,16)(H,17,18)/t11?,12-/m0/s1. The zero-order valence-corrected chi connectivity index (χ0v) is 12.0. The number of carboxylic acid groups (broad SMARTS) is 1. The summed E-state index contributed by atoms with van der Waals surface area (Å²) in [5, 5.41) is 11.8. The predicted octanol–water partition coefficient (Wildman–Crippen LogP) is 2.82. The Hall–Kier alpha value is -1.06. The topological polar surface area (TPSA) is 66.4 Å². The number of carbonyl (C=O) groups excluding carboxylic acids is 1. The summed E-state index contributed by atoms with van der Waals surface area (Å²) in [4.78, 5) is 23.2. The summed E-state index contributed by atoms with van der Waals surface area (Å²) in [5.74, 6) is -0.893. The monoisotopic (exact) mass is 257 g/mol. The molecule has 0 bridgehead atoms. The number of hydrogen-bond donors (Lipinski definition) is 2. The van der Waals surface area contributed by atoms with Crippen LogP contribution in [0.1, 0.15) is 59.8 Å². The Morgan fingerprint density at radius 3 is 2.11 bits per heavy atom. The molecule has 0 spiro atoms. The fourth-order valence-corrected chi connectivity index (χ4v) is 2.02. The molecule has 0 rings (SSSR count). The van der Waals surface area contributed by atoms with Gasteiger partial charge in [0.05, 0.1) is 0 Å². The van der Waals surface area contributed by atoms with Crippen molar-refractivity contribution in [2.75, 3.05) is 0 Å². The van der Waals surface area contributed by atoms with E-state index in [9.17, 15) is 9.59 Å². The fraction of sp³-hybridized carbons (Fsp3) is 0.857. The molecule has 0 aliphatic heterocycles. The van der Waals surface area contributed by atoms with Crippen LogP contribution >= 0.6 is 0 Å². The van der Waals surface area contributed by atoms with Gasteiger partial charge in [-0.15, -0.1) is 0 Å². The molecule has 1 unspecified atom stereocenters. The molecule has 1 amide bonds. The van der Waals surface area contributed by atoms with Gasteiger partial charge in [-0.25, -0.2) is 4.79 Å². The van der Waals surface area contributed by atoms with Crippen molar-refractivity contribution in [3.8, 4) is 0 Å².